The first-order valence-corrected chi connectivity index (χ1v) is 11.6. The number of H-pyrrole nitrogens is 1. The Bertz CT molecular complexity index is 1490. The Morgan fingerprint density at radius 3 is 2.56 bits per heavy atom. The highest BCUT2D eigenvalue weighted by molar-refractivity contribution is 6.03. The minimum Gasteiger partial charge on any atom is -0.497 e. The van der Waals surface area contributed by atoms with Gasteiger partial charge in [0.25, 0.3) is 11.8 Å². The second-order valence-corrected chi connectivity index (χ2v) is 8.34. The van der Waals surface area contributed by atoms with Gasteiger partial charge in [-0.15, -0.1) is 0 Å². The number of aromatic amines is 1. The van der Waals surface area contributed by atoms with Gasteiger partial charge in [0.1, 0.15) is 5.75 Å². The molecule has 2 amide bonds. The molecule has 7 heteroatoms. The number of methoxy groups -OCH3 is 1. The van der Waals surface area contributed by atoms with Crippen LogP contribution in [0.3, 0.4) is 0 Å². The van der Waals surface area contributed by atoms with Crippen molar-refractivity contribution in [1.82, 2.24) is 10.3 Å². The first-order chi connectivity index (χ1) is 17.6. The molecule has 0 aliphatic carbocycles. The molecule has 180 valence electrons. The summed E-state index contributed by atoms with van der Waals surface area (Å²) >= 11 is 0. The Labute approximate surface area is 208 Å². The SMILES string of the molecule is COc1ccc(C(CNC(=O)c2cccc(NC(=O)c3ccco3)c2)c2c[nH]c3ccccc23)cc1. The maximum absolute atomic E-state index is 13.1. The number of amides is 2. The third kappa shape index (κ3) is 4.86. The number of carbonyl (C=O) groups excluding carboxylic acids is 2. The highest BCUT2D eigenvalue weighted by atomic mass is 16.5. The Morgan fingerprint density at radius 1 is 0.944 bits per heavy atom. The topological polar surface area (TPSA) is 96.4 Å². The maximum Gasteiger partial charge on any atom is 0.291 e. The lowest BCUT2D eigenvalue weighted by molar-refractivity contribution is 0.0950. The van der Waals surface area contributed by atoms with Crippen LogP contribution >= 0.6 is 0 Å². The van der Waals surface area contributed by atoms with Gasteiger partial charge in [0.2, 0.25) is 0 Å². The average Bonchev–Trinajstić information content (AvgIpc) is 3.60. The largest absolute Gasteiger partial charge is 0.497 e. The van der Waals surface area contributed by atoms with E-state index in [4.69, 9.17) is 9.15 Å². The number of ether oxygens (including phenoxy) is 1. The molecule has 3 aromatic carbocycles. The first kappa shape index (κ1) is 23.0. The van der Waals surface area contributed by atoms with Crippen molar-refractivity contribution in [2.45, 2.75) is 5.92 Å². The molecule has 5 rings (SSSR count). The number of hydrogen-bond donors (Lipinski definition) is 3. The van der Waals surface area contributed by atoms with Gasteiger partial charge >= 0.3 is 0 Å². The van der Waals surface area contributed by atoms with E-state index in [-0.39, 0.29) is 23.5 Å². The fourth-order valence-electron chi connectivity index (χ4n) is 4.26. The molecule has 1 unspecified atom stereocenters. The Hall–Kier alpha value is -4.78. The molecule has 36 heavy (non-hydrogen) atoms. The summed E-state index contributed by atoms with van der Waals surface area (Å²) < 4.78 is 10.4. The van der Waals surface area contributed by atoms with E-state index in [2.05, 4.69) is 21.7 Å². The number of anilines is 1. The Kier molecular flexibility index (Phi) is 6.53. The zero-order valence-electron chi connectivity index (χ0n) is 19.7. The highest BCUT2D eigenvalue weighted by Gasteiger charge is 2.20. The van der Waals surface area contributed by atoms with Crippen molar-refractivity contribution in [1.29, 1.82) is 0 Å². The zero-order chi connectivity index (χ0) is 24.9. The van der Waals surface area contributed by atoms with Crippen LogP contribution in [0.15, 0.2) is 102 Å². The van der Waals surface area contributed by atoms with E-state index in [0.29, 0.717) is 17.8 Å². The molecule has 0 fully saturated rings. The van der Waals surface area contributed by atoms with E-state index in [1.54, 1.807) is 43.5 Å². The minimum atomic E-state index is -0.378. The van der Waals surface area contributed by atoms with Gasteiger partial charge in [-0.1, -0.05) is 36.4 Å². The average molecular weight is 480 g/mol. The summed E-state index contributed by atoms with van der Waals surface area (Å²) in [5.41, 5.74) is 4.14. The van der Waals surface area contributed by atoms with Crippen molar-refractivity contribution in [3.63, 3.8) is 0 Å². The van der Waals surface area contributed by atoms with E-state index < -0.39 is 0 Å². The molecule has 0 spiro atoms. The van der Waals surface area contributed by atoms with Crippen molar-refractivity contribution < 1.29 is 18.7 Å². The summed E-state index contributed by atoms with van der Waals surface area (Å²) in [6, 6.07) is 26.0. The van der Waals surface area contributed by atoms with Gasteiger partial charge in [0, 0.05) is 40.8 Å². The molecule has 0 aliphatic heterocycles. The lowest BCUT2D eigenvalue weighted by Crippen LogP contribution is -2.29. The molecular weight excluding hydrogens is 454 g/mol. The van der Waals surface area contributed by atoms with Gasteiger partial charge in [-0.2, -0.15) is 0 Å². The molecule has 1 atom stereocenters. The quantitative estimate of drug-likeness (QED) is 0.271. The second kappa shape index (κ2) is 10.2. The number of aromatic nitrogens is 1. The fraction of sp³-hybridized carbons (Fsp3) is 0.103. The number of furan rings is 1. The van der Waals surface area contributed by atoms with Crippen LogP contribution in [0.5, 0.6) is 5.75 Å². The lowest BCUT2D eigenvalue weighted by Gasteiger charge is -2.19. The van der Waals surface area contributed by atoms with Crippen LogP contribution < -0.4 is 15.4 Å². The van der Waals surface area contributed by atoms with Crippen molar-refractivity contribution in [3.8, 4) is 5.75 Å². The van der Waals surface area contributed by atoms with Crippen LogP contribution in [0, 0.1) is 0 Å². The molecule has 0 radical (unpaired) electrons. The molecule has 0 saturated carbocycles. The van der Waals surface area contributed by atoms with Gasteiger partial charge in [0.15, 0.2) is 5.76 Å². The summed E-state index contributed by atoms with van der Waals surface area (Å²) in [7, 11) is 1.64. The molecule has 0 aliphatic rings. The highest BCUT2D eigenvalue weighted by Crippen LogP contribution is 2.31. The molecule has 7 nitrogen and oxygen atoms in total. The molecule has 2 aromatic heterocycles. The number of fused-ring (bicyclic) bond motifs is 1. The summed E-state index contributed by atoms with van der Waals surface area (Å²) in [5.74, 6) is 0.275. The van der Waals surface area contributed by atoms with Gasteiger partial charge < -0.3 is 24.8 Å². The lowest BCUT2D eigenvalue weighted by atomic mass is 9.90. The maximum atomic E-state index is 13.1. The molecular formula is C29H25N3O4. The summed E-state index contributed by atoms with van der Waals surface area (Å²) in [6.07, 6.45) is 3.43. The van der Waals surface area contributed by atoms with Crippen LogP contribution in [-0.4, -0.2) is 30.5 Å². The first-order valence-electron chi connectivity index (χ1n) is 11.6. The smallest absolute Gasteiger partial charge is 0.291 e. The van der Waals surface area contributed by atoms with Crippen molar-refractivity contribution in [2.75, 3.05) is 19.0 Å². The van der Waals surface area contributed by atoms with E-state index in [9.17, 15) is 9.59 Å². The van der Waals surface area contributed by atoms with Crippen LogP contribution in [0.25, 0.3) is 10.9 Å². The van der Waals surface area contributed by atoms with E-state index in [1.165, 1.54) is 6.26 Å². The van der Waals surface area contributed by atoms with Gasteiger partial charge in [0.05, 0.1) is 13.4 Å². The Morgan fingerprint density at radius 2 is 1.78 bits per heavy atom. The van der Waals surface area contributed by atoms with Crippen molar-refractivity contribution >= 4 is 28.4 Å². The standard InChI is InChI=1S/C29H25N3O4/c1-35-22-13-11-19(12-14-22)24(25-18-30-26-9-3-2-8-23(25)26)17-31-28(33)20-6-4-7-21(16-20)32-29(34)27-10-5-15-36-27/h2-16,18,24,30H,17H2,1H3,(H,31,33)(H,32,34). The number of rotatable bonds is 8. The molecule has 3 N–H and O–H groups in total. The van der Waals surface area contributed by atoms with Crippen LogP contribution in [0.4, 0.5) is 5.69 Å². The van der Waals surface area contributed by atoms with Gasteiger partial charge in [-0.05, 0) is 59.7 Å². The third-order valence-electron chi connectivity index (χ3n) is 6.11. The normalized spacial score (nSPS) is 11.7. The van der Waals surface area contributed by atoms with Crippen LogP contribution in [0.2, 0.25) is 0 Å². The number of nitrogens with one attached hydrogen (secondary N) is 3. The van der Waals surface area contributed by atoms with Gasteiger partial charge in [-0.25, -0.2) is 0 Å². The van der Waals surface area contributed by atoms with Crippen molar-refractivity contribution in [2.24, 2.45) is 0 Å². The van der Waals surface area contributed by atoms with Gasteiger partial charge in [-0.3, -0.25) is 9.59 Å². The van der Waals surface area contributed by atoms with E-state index in [0.717, 1.165) is 27.8 Å². The predicted octanol–water partition coefficient (Wildman–Crippen LogP) is 5.58. The molecule has 5 aromatic rings. The fourth-order valence-corrected chi connectivity index (χ4v) is 4.26. The van der Waals surface area contributed by atoms with Crippen molar-refractivity contribution in [3.05, 3.63) is 120 Å². The minimum absolute atomic E-state index is 0.0853. The van der Waals surface area contributed by atoms with E-state index in [1.807, 2.05) is 48.7 Å². The number of carbonyl (C=O) groups is 2. The number of hydrogen-bond acceptors (Lipinski definition) is 4. The predicted molar refractivity (Wildman–Crippen MR) is 139 cm³/mol. The number of benzene rings is 3. The Balaban J connectivity index is 1.36. The van der Waals surface area contributed by atoms with E-state index >= 15 is 0 Å². The molecule has 2 heterocycles. The zero-order valence-corrected chi connectivity index (χ0v) is 19.7. The summed E-state index contributed by atoms with van der Waals surface area (Å²) in [4.78, 5) is 28.7. The second-order valence-electron chi connectivity index (χ2n) is 8.34. The summed E-state index contributed by atoms with van der Waals surface area (Å²) in [6.45, 7) is 0.385. The number of para-hydroxylation sites is 1. The molecule has 0 saturated heterocycles. The summed E-state index contributed by atoms with van der Waals surface area (Å²) in [5, 5.41) is 6.93. The molecule has 0 bridgehead atoms. The van der Waals surface area contributed by atoms with Crippen LogP contribution in [-0.2, 0) is 0 Å². The van der Waals surface area contributed by atoms with Crippen LogP contribution in [0.1, 0.15) is 38.0 Å². The third-order valence-corrected chi connectivity index (χ3v) is 6.11. The monoisotopic (exact) mass is 479 g/mol.